The molecular formula is C6H3BrFO2S-. The van der Waals surface area contributed by atoms with Crippen molar-refractivity contribution in [3.05, 3.63) is 28.5 Å². The van der Waals surface area contributed by atoms with Crippen LogP contribution < -0.4 is 0 Å². The number of benzene rings is 1. The first-order chi connectivity index (χ1) is 5.11. The minimum atomic E-state index is -2.39. The van der Waals surface area contributed by atoms with Gasteiger partial charge in [0.15, 0.2) is 0 Å². The molecule has 5 heteroatoms. The molecular weight excluding hydrogens is 235 g/mol. The van der Waals surface area contributed by atoms with Crippen LogP contribution in [0.2, 0.25) is 0 Å². The van der Waals surface area contributed by atoms with Gasteiger partial charge in [0, 0.05) is 9.37 Å². The van der Waals surface area contributed by atoms with Gasteiger partial charge in [0.2, 0.25) is 0 Å². The predicted octanol–water partition coefficient (Wildman–Crippen LogP) is 1.83. The van der Waals surface area contributed by atoms with E-state index >= 15 is 0 Å². The third-order valence-electron chi connectivity index (χ3n) is 1.07. The third-order valence-corrected chi connectivity index (χ3v) is 2.72. The minimum Gasteiger partial charge on any atom is -0.768 e. The van der Waals surface area contributed by atoms with Crippen LogP contribution in [0.4, 0.5) is 4.39 Å². The SMILES string of the molecule is O=S([O-])c1cc(F)ccc1Br. The van der Waals surface area contributed by atoms with Crippen LogP contribution in [0, 0.1) is 5.82 Å². The van der Waals surface area contributed by atoms with Crippen LogP contribution in [0.3, 0.4) is 0 Å². The molecule has 1 unspecified atom stereocenters. The summed E-state index contributed by atoms with van der Waals surface area (Å²) < 4.78 is 33.5. The second-order valence-electron chi connectivity index (χ2n) is 1.81. The summed E-state index contributed by atoms with van der Waals surface area (Å²) in [5, 5.41) is 0. The maximum atomic E-state index is 12.4. The summed E-state index contributed by atoms with van der Waals surface area (Å²) in [6.07, 6.45) is 0. The first-order valence-corrected chi connectivity index (χ1v) is 4.52. The monoisotopic (exact) mass is 237 g/mol. The van der Waals surface area contributed by atoms with Crippen molar-refractivity contribution in [3.8, 4) is 0 Å². The van der Waals surface area contributed by atoms with E-state index in [4.69, 9.17) is 0 Å². The average Bonchev–Trinajstić information content (AvgIpc) is 1.94. The molecule has 0 aliphatic heterocycles. The van der Waals surface area contributed by atoms with E-state index in [9.17, 15) is 13.2 Å². The summed E-state index contributed by atoms with van der Waals surface area (Å²) in [6.45, 7) is 0. The number of rotatable bonds is 1. The first-order valence-electron chi connectivity index (χ1n) is 2.65. The number of hydrogen-bond acceptors (Lipinski definition) is 2. The Morgan fingerprint density at radius 2 is 2.18 bits per heavy atom. The molecule has 0 saturated heterocycles. The van der Waals surface area contributed by atoms with E-state index in [1.165, 1.54) is 12.1 Å². The molecule has 1 rings (SSSR count). The molecule has 0 saturated carbocycles. The Morgan fingerprint density at radius 1 is 1.55 bits per heavy atom. The third kappa shape index (κ3) is 2.08. The predicted molar refractivity (Wildman–Crippen MR) is 41.3 cm³/mol. The zero-order chi connectivity index (χ0) is 8.43. The van der Waals surface area contributed by atoms with E-state index in [1.807, 2.05) is 0 Å². The Labute approximate surface area is 73.8 Å². The lowest BCUT2D eigenvalue weighted by atomic mass is 10.3. The van der Waals surface area contributed by atoms with Gasteiger partial charge in [-0.25, -0.2) is 4.39 Å². The molecule has 1 aromatic carbocycles. The highest BCUT2D eigenvalue weighted by molar-refractivity contribution is 9.10. The molecule has 1 atom stereocenters. The Balaban J connectivity index is 3.23. The normalized spacial score (nSPS) is 13.0. The zero-order valence-corrected chi connectivity index (χ0v) is 7.62. The molecule has 0 spiro atoms. The standard InChI is InChI=1S/C6H4BrFO2S/c7-5-2-1-4(8)3-6(5)11(9)10/h1-3H,(H,9,10)/p-1. The molecule has 1 aromatic rings. The second kappa shape index (κ2) is 3.42. The van der Waals surface area contributed by atoms with Crippen LogP contribution in [-0.4, -0.2) is 8.76 Å². The Kier molecular flexibility index (Phi) is 2.75. The van der Waals surface area contributed by atoms with E-state index in [0.29, 0.717) is 4.47 Å². The largest absolute Gasteiger partial charge is 0.768 e. The summed E-state index contributed by atoms with van der Waals surface area (Å²) in [6, 6.07) is 3.48. The van der Waals surface area contributed by atoms with E-state index in [0.717, 1.165) is 6.07 Å². The molecule has 60 valence electrons. The van der Waals surface area contributed by atoms with Gasteiger partial charge in [-0.1, -0.05) is 0 Å². The topological polar surface area (TPSA) is 40.1 Å². The fourth-order valence-electron chi connectivity index (χ4n) is 0.605. The van der Waals surface area contributed by atoms with Gasteiger partial charge in [-0.3, -0.25) is 4.21 Å². The van der Waals surface area contributed by atoms with Crippen molar-refractivity contribution in [1.29, 1.82) is 0 Å². The lowest BCUT2D eigenvalue weighted by molar-refractivity contribution is 0.534. The van der Waals surface area contributed by atoms with Crippen molar-refractivity contribution in [2.45, 2.75) is 4.90 Å². The number of hydrogen-bond donors (Lipinski definition) is 0. The van der Waals surface area contributed by atoms with Crippen LogP contribution in [0.5, 0.6) is 0 Å². The van der Waals surface area contributed by atoms with E-state index in [2.05, 4.69) is 15.9 Å². The van der Waals surface area contributed by atoms with Crippen molar-refractivity contribution >= 4 is 27.0 Å². The Hall–Kier alpha value is -0.260. The molecule has 0 fully saturated rings. The van der Waals surface area contributed by atoms with Crippen molar-refractivity contribution in [2.75, 3.05) is 0 Å². The van der Waals surface area contributed by atoms with Crippen LogP contribution in [0.25, 0.3) is 0 Å². The van der Waals surface area contributed by atoms with Gasteiger partial charge in [0.05, 0.1) is 0 Å². The summed E-state index contributed by atoms with van der Waals surface area (Å²) in [4.78, 5) is -0.0648. The van der Waals surface area contributed by atoms with Crippen molar-refractivity contribution < 1.29 is 13.2 Å². The molecule has 0 aliphatic rings. The lowest BCUT2D eigenvalue weighted by Crippen LogP contribution is -1.90. The van der Waals surface area contributed by atoms with Crippen molar-refractivity contribution in [3.63, 3.8) is 0 Å². The summed E-state index contributed by atoms with van der Waals surface area (Å²) in [7, 11) is 0. The first kappa shape index (κ1) is 8.83. The second-order valence-corrected chi connectivity index (χ2v) is 3.57. The molecule has 11 heavy (non-hydrogen) atoms. The van der Waals surface area contributed by atoms with Gasteiger partial charge >= 0.3 is 0 Å². The molecule has 0 bridgehead atoms. The lowest BCUT2D eigenvalue weighted by Gasteiger charge is -2.06. The molecule has 0 radical (unpaired) electrons. The Bertz CT molecular complexity index is 303. The van der Waals surface area contributed by atoms with Gasteiger partial charge in [0.25, 0.3) is 0 Å². The zero-order valence-electron chi connectivity index (χ0n) is 5.21. The van der Waals surface area contributed by atoms with Crippen LogP contribution in [-0.2, 0) is 11.1 Å². The minimum absolute atomic E-state index is 0.0648. The van der Waals surface area contributed by atoms with E-state index in [1.54, 1.807) is 0 Å². The van der Waals surface area contributed by atoms with E-state index < -0.39 is 16.9 Å². The molecule has 2 nitrogen and oxygen atoms in total. The van der Waals surface area contributed by atoms with Gasteiger partial charge in [-0.15, -0.1) is 0 Å². The van der Waals surface area contributed by atoms with Gasteiger partial charge < -0.3 is 4.55 Å². The van der Waals surface area contributed by atoms with Gasteiger partial charge in [-0.05, 0) is 45.2 Å². The van der Waals surface area contributed by atoms with E-state index in [-0.39, 0.29) is 4.90 Å². The number of halogens is 2. The fourth-order valence-corrected chi connectivity index (χ4v) is 1.68. The summed E-state index contributed by atoms with van der Waals surface area (Å²) >= 11 is 0.584. The highest BCUT2D eigenvalue weighted by atomic mass is 79.9. The van der Waals surface area contributed by atoms with Crippen LogP contribution in [0.1, 0.15) is 0 Å². The summed E-state index contributed by atoms with van der Waals surface area (Å²) in [5.41, 5.74) is 0. The van der Waals surface area contributed by atoms with Crippen LogP contribution in [0.15, 0.2) is 27.6 Å². The van der Waals surface area contributed by atoms with Crippen LogP contribution >= 0.6 is 15.9 Å². The highest BCUT2D eigenvalue weighted by Crippen LogP contribution is 2.19. The molecule has 0 aliphatic carbocycles. The van der Waals surface area contributed by atoms with Crippen molar-refractivity contribution in [2.24, 2.45) is 0 Å². The Morgan fingerprint density at radius 3 is 2.64 bits per heavy atom. The fraction of sp³-hybridized carbons (Fsp3) is 0. The quantitative estimate of drug-likeness (QED) is 0.700. The average molecular weight is 238 g/mol. The molecule has 0 N–H and O–H groups in total. The highest BCUT2D eigenvalue weighted by Gasteiger charge is 2.00. The summed E-state index contributed by atoms with van der Waals surface area (Å²) in [5.74, 6) is -0.563. The maximum absolute atomic E-state index is 12.4. The maximum Gasteiger partial charge on any atom is 0.124 e. The smallest absolute Gasteiger partial charge is 0.124 e. The van der Waals surface area contributed by atoms with Crippen molar-refractivity contribution in [1.82, 2.24) is 0 Å². The van der Waals surface area contributed by atoms with Gasteiger partial charge in [0.1, 0.15) is 5.82 Å². The van der Waals surface area contributed by atoms with Gasteiger partial charge in [-0.2, -0.15) is 0 Å². The molecule has 0 heterocycles. The molecule has 0 aromatic heterocycles. The molecule has 0 amide bonds.